The Kier molecular flexibility index (Phi) is 4.84. The number of aliphatic hydroxyl groups excluding tert-OH is 4. The van der Waals surface area contributed by atoms with Crippen molar-refractivity contribution in [2.24, 2.45) is 0 Å². The fourth-order valence-corrected chi connectivity index (χ4v) is 1.46. The molecule has 0 aliphatic carbocycles. The van der Waals surface area contributed by atoms with Crippen molar-refractivity contribution >= 4 is 17.3 Å². The number of hydrogen-bond acceptors (Lipinski definition) is 6. The molecule has 0 amide bonds. The lowest BCUT2D eigenvalue weighted by atomic mass is 9.99. The maximum absolute atomic E-state index is 9.56. The summed E-state index contributed by atoms with van der Waals surface area (Å²) in [7, 11) is 1.63. The Labute approximate surface area is 98.0 Å². The Morgan fingerprint density at radius 1 is 1.19 bits per heavy atom. The van der Waals surface area contributed by atoms with Crippen LogP contribution in [0.25, 0.3) is 0 Å². The van der Waals surface area contributed by atoms with E-state index in [-0.39, 0.29) is 6.54 Å². The lowest BCUT2D eigenvalue weighted by molar-refractivity contribution is -0.279. The summed E-state index contributed by atoms with van der Waals surface area (Å²) in [5, 5.41) is 43.1. The van der Waals surface area contributed by atoms with Crippen molar-refractivity contribution in [3.63, 3.8) is 0 Å². The van der Waals surface area contributed by atoms with Crippen molar-refractivity contribution in [3.8, 4) is 0 Å². The van der Waals surface area contributed by atoms with Gasteiger partial charge in [0.25, 0.3) is 0 Å². The monoisotopic (exact) mass is 252 g/mol. The van der Waals surface area contributed by atoms with Crippen molar-refractivity contribution in [3.05, 3.63) is 0 Å². The lowest BCUT2D eigenvalue weighted by Gasteiger charge is -2.38. The molecule has 1 saturated heterocycles. The predicted octanol–water partition coefficient (Wildman–Crippen LogP) is -3.12. The van der Waals surface area contributed by atoms with Gasteiger partial charge in [-0.3, -0.25) is 0 Å². The van der Waals surface area contributed by atoms with Crippen LogP contribution < -0.4 is 10.6 Å². The van der Waals surface area contributed by atoms with Crippen LogP contribution in [-0.4, -0.2) is 69.8 Å². The summed E-state index contributed by atoms with van der Waals surface area (Å²) < 4.78 is 4.92. The Hall–Kier alpha value is -0.510. The topological polar surface area (TPSA) is 114 Å². The summed E-state index contributed by atoms with van der Waals surface area (Å²) in [5.41, 5.74) is 0. The van der Waals surface area contributed by atoms with Gasteiger partial charge >= 0.3 is 0 Å². The van der Waals surface area contributed by atoms with Crippen molar-refractivity contribution in [1.82, 2.24) is 10.6 Å². The predicted molar refractivity (Wildman–Crippen MR) is 58.6 cm³/mol. The fraction of sp³-hybridized carbons (Fsp3) is 0.875. The van der Waals surface area contributed by atoms with E-state index < -0.39 is 30.7 Å². The van der Waals surface area contributed by atoms with E-state index in [0.29, 0.717) is 5.11 Å². The Bertz CT molecular complexity index is 255. The summed E-state index contributed by atoms with van der Waals surface area (Å²) in [6.07, 6.45) is -6.61. The van der Waals surface area contributed by atoms with Gasteiger partial charge < -0.3 is 35.8 Å². The van der Waals surface area contributed by atoms with E-state index >= 15 is 0 Å². The van der Waals surface area contributed by atoms with Crippen LogP contribution in [0.3, 0.4) is 0 Å². The Morgan fingerprint density at radius 3 is 2.38 bits per heavy atom. The standard InChI is InChI=1S/C8H16N2O5S/c1-9-8(16)10-2-3-4(11)5(12)6(13)7(14)15-3/h3-7,11-14H,2H2,1H3,(H2,9,10,16)/t3-,4-,5+,6-,7?/m1/s1. The van der Waals surface area contributed by atoms with Crippen LogP contribution in [0.15, 0.2) is 0 Å². The van der Waals surface area contributed by atoms with Gasteiger partial charge in [0.05, 0.1) is 0 Å². The zero-order chi connectivity index (χ0) is 12.3. The summed E-state index contributed by atoms with van der Waals surface area (Å²) >= 11 is 4.81. The first kappa shape index (κ1) is 13.6. The van der Waals surface area contributed by atoms with Gasteiger partial charge in [0.1, 0.15) is 24.4 Å². The first-order valence-electron chi connectivity index (χ1n) is 4.80. The van der Waals surface area contributed by atoms with Crippen LogP contribution in [-0.2, 0) is 4.74 Å². The zero-order valence-electron chi connectivity index (χ0n) is 8.70. The second-order valence-electron chi connectivity index (χ2n) is 3.50. The van der Waals surface area contributed by atoms with Crippen LogP contribution in [0.1, 0.15) is 0 Å². The molecule has 0 spiro atoms. The third kappa shape index (κ3) is 3.00. The molecule has 0 saturated carbocycles. The highest BCUT2D eigenvalue weighted by Crippen LogP contribution is 2.19. The first-order valence-corrected chi connectivity index (χ1v) is 5.21. The quantitative estimate of drug-likeness (QED) is 0.286. The molecule has 0 bridgehead atoms. The number of nitrogens with one attached hydrogen (secondary N) is 2. The highest BCUT2D eigenvalue weighted by Gasteiger charge is 2.42. The summed E-state index contributed by atoms with van der Waals surface area (Å²) in [6.45, 7) is 0.113. The summed E-state index contributed by atoms with van der Waals surface area (Å²) in [4.78, 5) is 0. The zero-order valence-corrected chi connectivity index (χ0v) is 9.52. The fourth-order valence-electron chi connectivity index (χ4n) is 1.38. The summed E-state index contributed by atoms with van der Waals surface area (Å²) in [6, 6.07) is 0. The molecule has 1 aliphatic rings. The molecule has 7 nitrogen and oxygen atoms in total. The molecule has 5 atom stereocenters. The maximum Gasteiger partial charge on any atom is 0.184 e. The number of hydrogen-bond donors (Lipinski definition) is 6. The molecule has 0 radical (unpaired) electrons. The van der Waals surface area contributed by atoms with Crippen LogP contribution >= 0.6 is 12.2 Å². The van der Waals surface area contributed by atoms with E-state index in [1.54, 1.807) is 7.05 Å². The van der Waals surface area contributed by atoms with E-state index in [4.69, 9.17) is 17.0 Å². The summed E-state index contributed by atoms with van der Waals surface area (Å²) in [5.74, 6) is 0. The Morgan fingerprint density at radius 2 is 1.81 bits per heavy atom. The molecule has 1 aliphatic heterocycles. The first-order chi connectivity index (χ1) is 7.47. The second-order valence-corrected chi connectivity index (χ2v) is 3.91. The molecule has 1 rings (SSSR count). The van der Waals surface area contributed by atoms with E-state index in [1.807, 2.05) is 0 Å². The van der Waals surface area contributed by atoms with Crippen molar-refractivity contribution in [1.29, 1.82) is 0 Å². The molecule has 1 unspecified atom stereocenters. The largest absolute Gasteiger partial charge is 0.388 e. The highest BCUT2D eigenvalue weighted by molar-refractivity contribution is 7.80. The van der Waals surface area contributed by atoms with Crippen LogP contribution in [0.4, 0.5) is 0 Å². The highest BCUT2D eigenvalue weighted by atomic mass is 32.1. The van der Waals surface area contributed by atoms with E-state index in [1.165, 1.54) is 0 Å². The molecule has 8 heteroatoms. The molecule has 0 aromatic heterocycles. The van der Waals surface area contributed by atoms with E-state index in [9.17, 15) is 20.4 Å². The van der Waals surface area contributed by atoms with Crippen LogP contribution in [0.2, 0.25) is 0 Å². The molecular formula is C8H16N2O5S. The molecule has 16 heavy (non-hydrogen) atoms. The van der Waals surface area contributed by atoms with E-state index in [2.05, 4.69) is 10.6 Å². The van der Waals surface area contributed by atoms with Gasteiger partial charge in [0.2, 0.25) is 0 Å². The molecule has 1 heterocycles. The minimum atomic E-state index is -1.52. The maximum atomic E-state index is 9.56. The normalized spacial score (nSPS) is 39.2. The van der Waals surface area contributed by atoms with Gasteiger partial charge in [0.15, 0.2) is 11.4 Å². The molecule has 94 valence electrons. The lowest BCUT2D eigenvalue weighted by Crippen LogP contribution is -2.60. The molecule has 0 aromatic carbocycles. The average Bonchev–Trinajstić information content (AvgIpc) is 2.28. The van der Waals surface area contributed by atoms with Gasteiger partial charge in [0, 0.05) is 13.6 Å². The van der Waals surface area contributed by atoms with Crippen molar-refractivity contribution < 1.29 is 25.2 Å². The number of ether oxygens (including phenoxy) is 1. The van der Waals surface area contributed by atoms with Crippen molar-refractivity contribution in [2.45, 2.75) is 30.7 Å². The molecule has 1 fully saturated rings. The average molecular weight is 252 g/mol. The third-order valence-corrected chi connectivity index (χ3v) is 2.73. The Balaban J connectivity index is 2.50. The number of rotatable bonds is 2. The number of aliphatic hydroxyl groups is 4. The minimum absolute atomic E-state index is 0.113. The molecule has 6 N–H and O–H groups in total. The van der Waals surface area contributed by atoms with Gasteiger partial charge in [-0.2, -0.15) is 0 Å². The minimum Gasteiger partial charge on any atom is -0.388 e. The molecular weight excluding hydrogens is 236 g/mol. The number of thiocarbonyl (C=S) groups is 1. The van der Waals surface area contributed by atoms with Gasteiger partial charge in [-0.15, -0.1) is 0 Å². The SMILES string of the molecule is CNC(=S)NC[C@H]1OC(O)[C@H](O)[C@@H](O)[C@@H]1O. The van der Waals surface area contributed by atoms with Crippen LogP contribution in [0, 0.1) is 0 Å². The van der Waals surface area contributed by atoms with Gasteiger partial charge in [-0.25, -0.2) is 0 Å². The molecule has 0 aromatic rings. The van der Waals surface area contributed by atoms with Gasteiger partial charge in [-0.05, 0) is 12.2 Å². The van der Waals surface area contributed by atoms with Crippen molar-refractivity contribution in [2.75, 3.05) is 13.6 Å². The van der Waals surface area contributed by atoms with Crippen LogP contribution in [0.5, 0.6) is 0 Å². The van der Waals surface area contributed by atoms with Gasteiger partial charge in [-0.1, -0.05) is 0 Å². The van der Waals surface area contributed by atoms with E-state index in [0.717, 1.165) is 0 Å². The smallest absolute Gasteiger partial charge is 0.184 e. The second kappa shape index (κ2) is 5.71. The third-order valence-electron chi connectivity index (χ3n) is 2.38.